The summed E-state index contributed by atoms with van der Waals surface area (Å²) < 4.78 is 17.5. The summed E-state index contributed by atoms with van der Waals surface area (Å²) in [5.41, 5.74) is 0. The zero-order valence-corrected chi connectivity index (χ0v) is 9.20. The molecule has 0 aliphatic rings. The lowest BCUT2D eigenvalue weighted by Crippen LogP contribution is -2.09. The largest absolute Gasteiger partial charge is 0.466 e. The number of hydrogen-bond acceptors (Lipinski definition) is 4. The minimum Gasteiger partial charge on any atom is -0.466 e. The van der Waals surface area contributed by atoms with Crippen molar-refractivity contribution >= 4 is 11.8 Å². The molecule has 0 saturated heterocycles. The van der Waals surface area contributed by atoms with Gasteiger partial charge in [0.25, 0.3) is 0 Å². The number of halogens is 1. The number of anilines is 1. The molecule has 0 aromatic carbocycles. The molecule has 0 saturated carbocycles. The lowest BCUT2D eigenvalue weighted by molar-refractivity contribution is -0.143. The lowest BCUT2D eigenvalue weighted by atomic mass is 10.3. The van der Waals surface area contributed by atoms with Gasteiger partial charge in [0.2, 0.25) is 5.95 Å². The zero-order valence-electron chi connectivity index (χ0n) is 9.20. The molecule has 0 aliphatic carbocycles. The number of ether oxygens (including phenoxy) is 1. The monoisotopic (exact) mass is 226 g/mol. The highest BCUT2D eigenvalue weighted by atomic mass is 19.1. The van der Waals surface area contributed by atoms with Crippen molar-refractivity contribution < 1.29 is 13.9 Å². The summed E-state index contributed by atoms with van der Waals surface area (Å²) in [7, 11) is 0. The third kappa shape index (κ3) is 4.72. The third-order valence-corrected chi connectivity index (χ3v) is 1.88. The van der Waals surface area contributed by atoms with Crippen LogP contribution in [0, 0.1) is 5.95 Å². The average Bonchev–Trinajstić information content (AvgIpc) is 2.25. The van der Waals surface area contributed by atoms with Gasteiger partial charge in [0.05, 0.1) is 6.61 Å². The number of nitrogens with zero attached hydrogens (tertiary/aromatic N) is 1. The Kier molecular flexibility index (Phi) is 5.25. The Morgan fingerprint density at radius 2 is 2.38 bits per heavy atom. The van der Waals surface area contributed by atoms with E-state index in [-0.39, 0.29) is 5.97 Å². The molecule has 0 amide bonds. The Labute approximate surface area is 93.8 Å². The second kappa shape index (κ2) is 6.76. The molecule has 0 spiro atoms. The van der Waals surface area contributed by atoms with E-state index >= 15 is 0 Å². The normalized spacial score (nSPS) is 9.88. The summed E-state index contributed by atoms with van der Waals surface area (Å²) in [6.45, 7) is 2.74. The first-order valence-corrected chi connectivity index (χ1v) is 5.24. The van der Waals surface area contributed by atoms with Crippen molar-refractivity contribution in [2.24, 2.45) is 0 Å². The van der Waals surface area contributed by atoms with Gasteiger partial charge in [0, 0.05) is 13.0 Å². The molecule has 5 heteroatoms. The Morgan fingerprint density at radius 1 is 1.56 bits per heavy atom. The number of carbonyl (C=O) groups is 1. The predicted molar refractivity (Wildman–Crippen MR) is 58.6 cm³/mol. The number of rotatable bonds is 6. The topological polar surface area (TPSA) is 51.2 Å². The van der Waals surface area contributed by atoms with Crippen molar-refractivity contribution in [3.05, 3.63) is 24.1 Å². The first-order valence-electron chi connectivity index (χ1n) is 5.24. The van der Waals surface area contributed by atoms with E-state index in [2.05, 4.69) is 10.3 Å². The molecule has 0 atom stereocenters. The molecule has 1 N–H and O–H groups in total. The van der Waals surface area contributed by atoms with Crippen LogP contribution < -0.4 is 5.32 Å². The highest BCUT2D eigenvalue weighted by Crippen LogP contribution is 2.03. The number of carbonyl (C=O) groups excluding carboxylic acids is 1. The minimum atomic E-state index is -0.518. The van der Waals surface area contributed by atoms with Crippen molar-refractivity contribution in [2.75, 3.05) is 18.5 Å². The zero-order chi connectivity index (χ0) is 11.8. The Bertz CT molecular complexity index is 345. The van der Waals surface area contributed by atoms with Crippen LogP contribution >= 0.6 is 0 Å². The van der Waals surface area contributed by atoms with Crippen molar-refractivity contribution in [2.45, 2.75) is 19.8 Å². The molecule has 0 unspecified atom stereocenters. The summed E-state index contributed by atoms with van der Waals surface area (Å²) in [6.07, 6.45) is 0.993. The fourth-order valence-corrected chi connectivity index (χ4v) is 1.19. The number of nitrogens with one attached hydrogen (secondary N) is 1. The van der Waals surface area contributed by atoms with Crippen LogP contribution in [-0.2, 0) is 9.53 Å². The molecule has 0 fully saturated rings. The van der Waals surface area contributed by atoms with Gasteiger partial charge in [0.15, 0.2) is 0 Å². The number of esters is 1. The molecular formula is C11H15FN2O2. The van der Waals surface area contributed by atoms with E-state index in [1.54, 1.807) is 19.1 Å². The molecular weight excluding hydrogens is 211 g/mol. The second-order valence-corrected chi connectivity index (χ2v) is 3.18. The van der Waals surface area contributed by atoms with Gasteiger partial charge in [-0.25, -0.2) is 4.98 Å². The van der Waals surface area contributed by atoms with Gasteiger partial charge in [-0.15, -0.1) is 0 Å². The smallest absolute Gasteiger partial charge is 0.305 e. The van der Waals surface area contributed by atoms with Gasteiger partial charge in [-0.1, -0.05) is 6.07 Å². The summed E-state index contributed by atoms with van der Waals surface area (Å²) in [5, 5.41) is 2.92. The SMILES string of the molecule is CCOC(=O)CCCNc1cccc(F)n1. The minimum absolute atomic E-state index is 0.212. The lowest BCUT2D eigenvalue weighted by Gasteiger charge is -2.05. The number of hydrogen-bond donors (Lipinski definition) is 1. The van der Waals surface area contributed by atoms with Gasteiger partial charge >= 0.3 is 5.97 Å². The molecule has 1 aromatic rings. The van der Waals surface area contributed by atoms with E-state index in [0.717, 1.165) is 0 Å². The van der Waals surface area contributed by atoms with E-state index in [1.165, 1.54) is 6.07 Å². The quantitative estimate of drug-likeness (QED) is 0.458. The van der Waals surface area contributed by atoms with Crippen molar-refractivity contribution in [3.63, 3.8) is 0 Å². The standard InChI is InChI=1S/C11H15FN2O2/c1-2-16-11(15)7-4-8-13-10-6-3-5-9(12)14-10/h3,5-6H,2,4,7-8H2,1H3,(H,13,14). The highest BCUT2D eigenvalue weighted by molar-refractivity contribution is 5.69. The van der Waals surface area contributed by atoms with Gasteiger partial charge in [0.1, 0.15) is 5.82 Å². The van der Waals surface area contributed by atoms with Crippen LogP contribution in [0.3, 0.4) is 0 Å². The van der Waals surface area contributed by atoms with E-state index in [0.29, 0.717) is 31.8 Å². The fourth-order valence-electron chi connectivity index (χ4n) is 1.19. The van der Waals surface area contributed by atoms with Crippen molar-refractivity contribution in [1.29, 1.82) is 0 Å². The Hall–Kier alpha value is -1.65. The molecule has 0 radical (unpaired) electrons. The van der Waals surface area contributed by atoms with Crippen LogP contribution in [0.15, 0.2) is 18.2 Å². The second-order valence-electron chi connectivity index (χ2n) is 3.18. The third-order valence-electron chi connectivity index (χ3n) is 1.88. The van der Waals surface area contributed by atoms with Crippen LogP contribution in [0.1, 0.15) is 19.8 Å². The maximum atomic E-state index is 12.7. The maximum Gasteiger partial charge on any atom is 0.305 e. The summed E-state index contributed by atoms with van der Waals surface area (Å²) >= 11 is 0. The van der Waals surface area contributed by atoms with Crippen molar-refractivity contribution in [3.8, 4) is 0 Å². The van der Waals surface area contributed by atoms with Crippen LogP contribution in [0.5, 0.6) is 0 Å². The van der Waals surface area contributed by atoms with Crippen LogP contribution in [0.4, 0.5) is 10.2 Å². The van der Waals surface area contributed by atoms with Gasteiger partial charge < -0.3 is 10.1 Å². The molecule has 16 heavy (non-hydrogen) atoms. The number of pyridine rings is 1. The van der Waals surface area contributed by atoms with Gasteiger partial charge in [-0.2, -0.15) is 4.39 Å². The molecule has 0 aliphatic heterocycles. The van der Waals surface area contributed by atoms with Crippen LogP contribution in [-0.4, -0.2) is 24.1 Å². The molecule has 1 rings (SSSR count). The summed E-state index contributed by atoms with van der Waals surface area (Å²) in [5.74, 6) is -0.254. The molecule has 1 aromatic heterocycles. The Morgan fingerprint density at radius 3 is 3.06 bits per heavy atom. The predicted octanol–water partition coefficient (Wildman–Crippen LogP) is 1.98. The van der Waals surface area contributed by atoms with Gasteiger partial charge in [-0.05, 0) is 25.5 Å². The Balaban J connectivity index is 2.18. The molecule has 1 heterocycles. The van der Waals surface area contributed by atoms with E-state index in [1.807, 2.05) is 0 Å². The first-order chi connectivity index (χ1) is 7.72. The summed E-state index contributed by atoms with van der Waals surface area (Å²) in [6, 6.07) is 4.53. The maximum absolute atomic E-state index is 12.7. The van der Waals surface area contributed by atoms with Crippen molar-refractivity contribution in [1.82, 2.24) is 4.98 Å². The van der Waals surface area contributed by atoms with E-state index in [9.17, 15) is 9.18 Å². The molecule has 0 bridgehead atoms. The van der Waals surface area contributed by atoms with Crippen LogP contribution in [0.25, 0.3) is 0 Å². The molecule has 88 valence electrons. The summed E-state index contributed by atoms with van der Waals surface area (Å²) in [4.78, 5) is 14.6. The van der Waals surface area contributed by atoms with Gasteiger partial charge in [-0.3, -0.25) is 4.79 Å². The van der Waals surface area contributed by atoms with Crippen LogP contribution in [0.2, 0.25) is 0 Å². The van der Waals surface area contributed by atoms with E-state index in [4.69, 9.17) is 4.74 Å². The highest BCUT2D eigenvalue weighted by Gasteiger charge is 2.01. The fraction of sp³-hybridized carbons (Fsp3) is 0.455. The van der Waals surface area contributed by atoms with E-state index < -0.39 is 5.95 Å². The average molecular weight is 226 g/mol. The molecule has 4 nitrogen and oxygen atoms in total. The first kappa shape index (κ1) is 12.4. The number of aromatic nitrogens is 1.